The number of hydrogen-bond donors (Lipinski definition) is 1. The van der Waals surface area contributed by atoms with Gasteiger partial charge in [-0.15, -0.1) is 0 Å². The third-order valence-corrected chi connectivity index (χ3v) is 5.62. The highest BCUT2D eigenvalue weighted by atomic mass is 15.2. The van der Waals surface area contributed by atoms with Crippen LogP contribution in [0.15, 0.2) is 30.6 Å². The molecule has 1 atom stereocenters. The number of rotatable bonds is 5. The molecule has 2 aliphatic heterocycles. The summed E-state index contributed by atoms with van der Waals surface area (Å²) in [6, 6.07) is 7.32. The number of benzene rings is 1. The fraction of sp³-hybridized carbons (Fsp3) is 0.550. The van der Waals surface area contributed by atoms with Crippen LogP contribution in [0.25, 0.3) is 10.8 Å². The van der Waals surface area contributed by atoms with E-state index < -0.39 is 0 Å². The van der Waals surface area contributed by atoms with Gasteiger partial charge in [0.1, 0.15) is 0 Å². The number of hydrogen-bond acceptors (Lipinski definition) is 4. The molecular formula is C20H28N4. The highest BCUT2D eigenvalue weighted by molar-refractivity contribution is 5.97. The molecule has 2 aliphatic rings. The third kappa shape index (κ3) is 3.01. The van der Waals surface area contributed by atoms with Gasteiger partial charge in [0.2, 0.25) is 0 Å². The van der Waals surface area contributed by atoms with E-state index in [9.17, 15) is 0 Å². The Morgan fingerprint density at radius 2 is 2.12 bits per heavy atom. The lowest BCUT2D eigenvalue weighted by Crippen LogP contribution is -2.49. The minimum atomic E-state index is 0.642. The number of anilines is 1. The summed E-state index contributed by atoms with van der Waals surface area (Å²) in [6.45, 7) is 5.59. The zero-order chi connectivity index (χ0) is 16.4. The molecule has 24 heavy (non-hydrogen) atoms. The first kappa shape index (κ1) is 15.9. The highest BCUT2D eigenvalue weighted by Gasteiger charge is 2.28. The third-order valence-electron chi connectivity index (χ3n) is 5.62. The Hall–Kier alpha value is -1.65. The summed E-state index contributed by atoms with van der Waals surface area (Å²) >= 11 is 0. The molecule has 4 rings (SSSR count). The van der Waals surface area contributed by atoms with E-state index >= 15 is 0 Å². The summed E-state index contributed by atoms with van der Waals surface area (Å²) in [6.07, 6.45) is 10.2. The molecular weight excluding hydrogens is 296 g/mol. The minimum Gasteiger partial charge on any atom is -0.366 e. The molecule has 3 heterocycles. The predicted octanol–water partition coefficient (Wildman–Crippen LogP) is 2.80. The van der Waals surface area contributed by atoms with E-state index in [1.165, 1.54) is 60.9 Å². The van der Waals surface area contributed by atoms with Gasteiger partial charge in [0, 0.05) is 48.0 Å². The second kappa shape index (κ2) is 7.08. The first-order valence-corrected chi connectivity index (χ1v) is 9.41. The molecule has 1 saturated heterocycles. The van der Waals surface area contributed by atoms with Crippen molar-refractivity contribution in [3.63, 3.8) is 0 Å². The summed E-state index contributed by atoms with van der Waals surface area (Å²) in [5.41, 5.74) is 8.48. The number of pyridine rings is 1. The second-order valence-corrected chi connectivity index (χ2v) is 7.21. The summed E-state index contributed by atoms with van der Waals surface area (Å²) < 4.78 is 0. The normalized spacial score (nSPS) is 21.4. The topological polar surface area (TPSA) is 45.4 Å². The van der Waals surface area contributed by atoms with Crippen LogP contribution >= 0.6 is 0 Å². The zero-order valence-corrected chi connectivity index (χ0v) is 14.5. The Balaban J connectivity index is 1.55. The summed E-state index contributed by atoms with van der Waals surface area (Å²) in [5, 5.41) is 2.71. The van der Waals surface area contributed by atoms with Crippen molar-refractivity contribution in [1.29, 1.82) is 0 Å². The Morgan fingerprint density at radius 3 is 3.04 bits per heavy atom. The molecule has 0 spiro atoms. The zero-order valence-electron chi connectivity index (χ0n) is 14.5. The maximum absolute atomic E-state index is 5.64. The summed E-state index contributed by atoms with van der Waals surface area (Å²) in [7, 11) is 0. The second-order valence-electron chi connectivity index (χ2n) is 7.21. The molecule has 0 bridgehead atoms. The lowest BCUT2D eigenvalue weighted by atomic mass is 9.95. The molecule has 1 aromatic carbocycles. The van der Waals surface area contributed by atoms with Crippen LogP contribution in [-0.2, 0) is 6.42 Å². The smallest absolute Gasteiger partial charge is 0.0452 e. The average Bonchev–Trinajstić information content (AvgIpc) is 2.63. The quantitative estimate of drug-likeness (QED) is 0.859. The van der Waals surface area contributed by atoms with E-state index in [-0.39, 0.29) is 0 Å². The Morgan fingerprint density at radius 1 is 1.17 bits per heavy atom. The maximum atomic E-state index is 5.64. The van der Waals surface area contributed by atoms with Crippen LogP contribution in [0.5, 0.6) is 0 Å². The van der Waals surface area contributed by atoms with Gasteiger partial charge in [-0.3, -0.25) is 4.98 Å². The number of piperidine rings is 1. The molecule has 4 heteroatoms. The number of likely N-dealkylation sites (tertiary alicyclic amines) is 1. The van der Waals surface area contributed by atoms with Gasteiger partial charge in [-0.2, -0.15) is 0 Å². The molecule has 4 nitrogen and oxygen atoms in total. The van der Waals surface area contributed by atoms with Crippen molar-refractivity contribution in [3.8, 4) is 0 Å². The fourth-order valence-electron chi connectivity index (χ4n) is 4.42. The standard InChI is InChI=1S/C20H28N4/c21-9-1-2-10-23-11-4-6-18(15-23)24-12-8-17-14-22-13-16-5-3-7-19(24)20(16)17/h3,5,7,13-14,18H,1-2,4,6,8-12,15,21H2. The van der Waals surface area contributed by atoms with Crippen LogP contribution in [0.4, 0.5) is 5.69 Å². The van der Waals surface area contributed by atoms with Crippen LogP contribution < -0.4 is 10.6 Å². The first-order chi connectivity index (χ1) is 11.9. The van der Waals surface area contributed by atoms with E-state index in [2.05, 4.69) is 39.2 Å². The van der Waals surface area contributed by atoms with Gasteiger partial charge in [0.05, 0.1) is 0 Å². The highest BCUT2D eigenvalue weighted by Crippen LogP contribution is 2.36. The predicted molar refractivity (Wildman–Crippen MR) is 101 cm³/mol. The number of aromatic nitrogens is 1. The Labute approximate surface area is 144 Å². The van der Waals surface area contributed by atoms with Crippen molar-refractivity contribution in [2.24, 2.45) is 5.73 Å². The van der Waals surface area contributed by atoms with E-state index in [1.807, 2.05) is 6.20 Å². The number of nitrogens with zero attached hydrogens (tertiary/aromatic N) is 3. The van der Waals surface area contributed by atoms with Crippen molar-refractivity contribution < 1.29 is 0 Å². The molecule has 0 radical (unpaired) electrons. The Kier molecular flexibility index (Phi) is 4.67. The van der Waals surface area contributed by atoms with Crippen LogP contribution in [0, 0.1) is 0 Å². The molecule has 1 fully saturated rings. The lowest BCUT2D eigenvalue weighted by molar-refractivity contribution is 0.201. The van der Waals surface area contributed by atoms with Crippen molar-refractivity contribution in [2.75, 3.05) is 37.6 Å². The van der Waals surface area contributed by atoms with Gasteiger partial charge < -0.3 is 15.5 Å². The van der Waals surface area contributed by atoms with Gasteiger partial charge in [-0.1, -0.05) is 12.1 Å². The number of nitrogens with two attached hydrogens (primary N) is 1. The molecule has 1 aromatic heterocycles. The number of unbranched alkanes of at least 4 members (excludes halogenated alkanes) is 1. The van der Waals surface area contributed by atoms with Crippen LogP contribution in [0.1, 0.15) is 31.2 Å². The van der Waals surface area contributed by atoms with Gasteiger partial charge in [0.15, 0.2) is 0 Å². The SMILES string of the molecule is NCCCCN1CCCC(N2CCc3cncc4cccc2c34)C1. The molecule has 2 aromatic rings. The maximum Gasteiger partial charge on any atom is 0.0452 e. The molecule has 0 aliphatic carbocycles. The average molecular weight is 324 g/mol. The molecule has 1 unspecified atom stereocenters. The largest absolute Gasteiger partial charge is 0.366 e. The first-order valence-electron chi connectivity index (χ1n) is 9.41. The lowest BCUT2D eigenvalue weighted by Gasteiger charge is -2.43. The van der Waals surface area contributed by atoms with Gasteiger partial charge in [0.25, 0.3) is 0 Å². The van der Waals surface area contributed by atoms with E-state index in [0.29, 0.717) is 6.04 Å². The fourth-order valence-corrected chi connectivity index (χ4v) is 4.42. The summed E-state index contributed by atoms with van der Waals surface area (Å²) in [5.74, 6) is 0. The van der Waals surface area contributed by atoms with Crippen molar-refractivity contribution >= 4 is 16.5 Å². The van der Waals surface area contributed by atoms with Crippen molar-refractivity contribution in [1.82, 2.24) is 9.88 Å². The van der Waals surface area contributed by atoms with Crippen molar-refractivity contribution in [3.05, 3.63) is 36.2 Å². The van der Waals surface area contributed by atoms with Crippen LogP contribution in [0.2, 0.25) is 0 Å². The van der Waals surface area contributed by atoms with Crippen LogP contribution in [0.3, 0.4) is 0 Å². The van der Waals surface area contributed by atoms with Gasteiger partial charge >= 0.3 is 0 Å². The van der Waals surface area contributed by atoms with Crippen molar-refractivity contribution in [2.45, 2.75) is 38.1 Å². The van der Waals surface area contributed by atoms with Gasteiger partial charge in [-0.05, 0) is 63.4 Å². The minimum absolute atomic E-state index is 0.642. The van der Waals surface area contributed by atoms with E-state index in [4.69, 9.17) is 5.73 Å². The van der Waals surface area contributed by atoms with E-state index in [1.54, 1.807) is 0 Å². The molecule has 128 valence electrons. The summed E-state index contributed by atoms with van der Waals surface area (Å²) in [4.78, 5) is 9.73. The molecule has 2 N–H and O–H groups in total. The monoisotopic (exact) mass is 324 g/mol. The van der Waals surface area contributed by atoms with Crippen LogP contribution in [-0.4, -0.2) is 48.6 Å². The Bertz CT molecular complexity index is 694. The van der Waals surface area contributed by atoms with Gasteiger partial charge in [-0.25, -0.2) is 0 Å². The molecule has 0 amide bonds. The van der Waals surface area contributed by atoms with E-state index in [0.717, 1.165) is 25.9 Å². The molecule has 0 saturated carbocycles.